The fourth-order valence-corrected chi connectivity index (χ4v) is 1.86. The lowest BCUT2D eigenvalue weighted by atomic mass is 9.98. The SMILES string of the molecule is CC[C@H](C)[C@H](Nc1cc(C(=O)OC)ccc1O)C(=O)OC. The van der Waals surface area contributed by atoms with Crippen LogP contribution in [0.1, 0.15) is 30.6 Å². The van der Waals surface area contributed by atoms with Crippen molar-refractivity contribution in [2.75, 3.05) is 19.5 Å². The van der Waals surface area contributed by atoms with Crippen LogP contribution in [0.5, 0.6) is 5.75 Å². The van der Waals surface area contributed by atoms with E-state index in [2.05, 4.69) is 10.1 Å². The Kier molecular flexibility index (Phi) is 6.02. The molecule has 0 radical (unpaired) electrons. The van der Waals surface area contributed by atoms with Gasteiger partial charge < -0.3 is 19.9 Å². The van der Waals surface area contributed by atoms with Crippen molar-refractivity contribution < 1.29 is 24.2 Å². The van der Waals surface area contributed by atoms with Crippen LogP contribution in [-0.4, -0.2) is 37.3 Å². The summed E-state index contributed by atoms with van der Waals surface area (Å²) in [6, 6.07) is 3.65. The number of phenols is 1. The maximum Gasteiger partial charge on any atom is 0.337 e. The van der Waals surface area contributed by atoms with Crippen molar-refractivity contribution in [2.24, 2.45) is 5.92 Å². The van der Waals surface area contributed by atoms with Crippen LogP contribution in [0.4, 0.5) is 5.69 Å². The molecule has 6 heteroatoms. The van der Waals surface area contributed by atoms with Gasteiger partial charge in [-0.2, -0.15) is 0 Å². The van der Waals surface area contributed by atoms with Crippen molar-refractivity contribution in [1.82, 2.24) is 0 Å². The first-order valence-corrected chi connectivity index (χ1v) is 6.70. The molecule has 0 aromatic heterocycles. The first-order valence-electron chi connectivity index (χ1n) is 6.70. The number of carbonyl (C=O) groups excluding carboxylic acids is 2. The Morgan fingerprint density at radius 3 is 2.48 bits per heavy atom. The summed E-state index contributed by atoms with van der Waals surface area (Å²) in [6.45, 7) is 3.85. The quantitative estimate of drug-likeness (QED) is 0.618. The lowest BCUT2D eigenvalue weighted by Crippen LogP contribution is -2.36. The van der Waals surface area contributed by atoms with Gasteiger partial charge in [0.25, 0.3) is 0 Å². The minimum absolute atomic E-state index is 0.00127. The predicted molar refractivity (Wildman–Crippen MR) is 78.3 cm³/mol. The maximum atomic E-state index is 11.8. The number of hydrogen-bond acceptors (Lipinski definition) is 6. The molecule has 116 valence electrons. The zero-order valence-electron chi connectivity index (χ0n) is 12.7. The van der Waals surface area contributed by atoms with E-state index >= 15 is 0 Å². The highest BCUT2D eigenvalue weighted by Crippen LogP contribution is 2.27. The van der Waals surface area contributed by atoms with Crippen LogP contribution in [0.15, 0.2) is 18.2 Å². The molecule has 0 heterocycles. The standard InChI is InChI=1S/C15H21NO5/c1-5-9(2)13(15(19)21-4)16-11-8-10(14(18)20-3)6-7-12(11)17/h6-9,13,16-17H,5H2,1-4H3/t9-,13-/m0/s1. The number of carbonyl (C=O) groups is 2. The highest BCUT2D eigenvalue weighted by molar-refractivity contribution is 5.91. The van der Waals surface area contributed by atoms with Gasteiger partial charge in [-0.05, 0) is 24.1 Å². The summed E-state index contributed by atoms with van der Waals surface area (Å²) in [6.07, 6.45) is 0.754. The fourth-order valence-electron chi connectivity index (χ4n) is 1.86. The summed E-state index contributed by atoms with van der Waals surface area (Å²) >= 11 is 0. The molecule has 0 aliphatic rings. The van der Waals surface area contributed by atoms with Crippen molar-refractivity contribution >= 4 is 17.6 Å². The summed E-state index contributed by atoms with van der Waals surface area (Å²) in [5.74, 6) is -0.998. The Labute approximate surface area is 124 Å². The molecule has 2 N–H and O–H groups in total. The van der Waals surface area contributed by atoms with Crippen molar-refractivity contribution in [3.8, 4) is 5.75 Å². The third-order valence-corrected chi connectivity index (χ3v) is 3.40. The molecule has 0 spiro atoms. The van der Waals surface area contributed by atoms with E-state index in [1.807, 2.05) is 13.8 Å². The summed E-state index contributed by atoms with van der Waals surface area (Å²) in [5, 5.41) is 12.8. The number of esters is 2. The maximum absolute atomic E-state index is 11.8. The van der Waals surface area contributed by atoms with Crippen molar-refractivity contribution in [2.45, 2.75) is 26.3 Å². The normalized spacial score (nSPS) is 13.1. The van der Waals surface area contributed by atoms with Crippen LogP contribution in [0.25, 0.3) is 0 Å². The van der Waals surface area contributed by atoms with Crippen LogP contribution < -0.4 is 5.32 Å². The lowest BCUT2D eigenvalue weighted by Gasteiger charge is -2.23. The Bertz CT molecular complexity index is 515. The highest BCUT2D eigenvalue weighted by atomic mass is 16.5. The number of phenolic OH excluding ortho intramolecular Hbond substituents is 1. The Hall–Kier alpha value is -2.24. The van der Waals surface area contributed by atoms with Gasteiger partial charge in [0.2, 0.25) is 0 Å². The Morgan fingerprint density at radius 1 is 1.29 bits per heavy atom. The average molecular weight is 295 g/mol. The van der Waals surface area contributed by atoms with Crippen LogP contribution >= 0.6 is 0 Å². The summed E-state index contributed by atoms with van der Waals surface area (Å²) in [5.41, 5.74) is 0.569. The van der Waals surface area contributed by atoms with Crippen molar-refractivity contribution in [1.29, 1.82) is 0 Å². The molecule has 0 bridgehead atoms. The van der Waals surface area contributed by atoms with Gasteiger partial charge in [0.15, 0.2) is 0 Å². The number of ether oxygens (including phenoxy) is 2. The average Bonchev–Trinajstić information content (AvgIpc) is 2.51. The zero-order valence-corrected chi connectivity index (χ0v) is 12.7. The van der Waals surface area contributed by atoms with E-state index in [-0.39, 0.29) is 22.9 Å². The number of methoxy groups -OCH3 is 2. The third-order valence-electron chi connectivity index (χ3n) is 3.40. The molecule has 21 heavy (non-hydrogen) atoms. The topological polar surface area (TPSA) is 84.9 Å². The van der Waals surface area contributed by atoms with E-state index in [1.54, 1.807) is 0 Å². The predicted octanol–water partition coefficient (Wildman–Crippen LogP) is 2.18. The zero-order chi connectivity index (χ0) is 16.0. The van der Waals surface area contributed by atoms with Gasteiger partial charge in [0.05, 0.1) is 25.5 Å². The van der Waals surface area contributed by atoms with E-state index in [9.17, 15) is 14.7 Å². The molecule has 2 atom stereocenters. The minimum Gasteiger partial charge on any atom is -0.506 e. The molecule has 1 aromatic rings. The minimum atomic E-state index is -0.612. The Morgan fingerprint density at radius 2 is 1.95 bits per heavy atom. The smallest absolute Gasteiger partial charge is 0.337 e. The highest BCUT2D eigenvalue weighted by Gasteiger charge is 2.26. The molecule has 6 nitrogen and oxygen atoms in total. The molecule has 0 saturated carbocycles. The second-order valence-corrected chi connectivity index (χ2v) is 4.75. The number of aromatic hydroxyl groups is 1. The van der Waals surface area contributed by atoms with Crippen LogP contribution in [0.3, 0.4) is 0 Å². The third kappa shape index (κ3) is 4.11. The molecule has 1 aromatic carbocycles. The van der Waals surface area contributed by atoms with Gasteiger partial charge in [0.1, 0.15) is 11.8 Å². The van der Waals surface area contributed by atoms with Gasteiger partial charge >= 0.3 is 11.9 Å². The molecule has 0 aliphatic heterocycles. The number of anilines is 1. The molecule has 0 aliphatic carbocycles. The van der Waals surface area contributed by atoms with E-state index < -0.39 is 18.0 Å². The van der Waals surface area contributed by atoms with Crippen molar-refractivity contribution in [3.05, 3.63) is 23.8 Å². The summed E-state index contributed by atoms with van der Waals surface area (Å²) in [4.78, 5) is 23.4. The van der Waals surface area contributed by atoms with Gasteiger partial charge in [-0.3, -0.25) is 0 Å². The van der Waals surface area contributed by atoms with Crippen LogP contribution in [0, 0.1) is 5.92 Å². The van der Waals surface area contributed by atoms with Crippen LogP contribution in [0.2, 0.25) is 0 Å². The van der Waals surface area contributed by atoms with E-state index in [0.717, 1.165) is 6.42 Å². The first kappa shape index (κ1) is 16.8. The monoisotopic (exact) mass is 295 g/mol. The van der Waals surface area contributed by atoms with Gasteiger partial charge in [-0.1, -0.05) is 20.3 Å². The number of nitrogens with one attached hydrogen (secondary N) is 1. The molecule has 0 saturated heterocycles. The van der Waals surface area contributed by atoms with Crippen molar-refractivity contribution in [3.63, 3.8) is 0 Å². The molecule has 0 fully saturated rings. The summed E-state index contributed by atoms with van der Waals surface area (Å²) < 4.78 is 9.40. The first-order chi connectivity index (χ1) is 9.94. The molecular formula is C15H21NO5. The number of rotatable bonds is 6. The molecular weight excluding hydrogens is 274 g/mol. The molecule has 1 rings (SSSR count). The van der Waals surface area contributed by atoms with Crippen LogP contribution in [-0.2, 0) is 14.3 Å². The largest absolute Gasteiger partial charge is 0.506 e. The second kappa shape index (κ2) is 7.52. The van der Waals surface area contributed by atoms with Gasteiger partial charge in [-0.15, -0.1) is 0 Å². The Balaban J connectivity index is 3.07. The van der Waals surface area contributed by atoms with E-state index in [0.29, 0.717) is 0 Å². The number of hydrogen-bond donors (Lipinski definition) is 2. The lowest BCUT2D eigenvalue weighted by molar-refractivity contribution is -0.142. The number of benzene rings is 1. The van der Waals surface area contributed by atoms with E-state index in [1.165, 1.54) is 32.4 Å². The van der Waals surface area contributed by atoms with E-state index in [4.69, 9.17) is 4.74 Å². The fraction of sp³-hybridized carbons (Fsp3) is 0.467. The molecule has 0 unspecified atom stereocenters. The van der Waals surface area contributed by atoms with Gasteiger partial charge in [-0.25, -0.2) is 9.59 Å². The second-order valence-electron chi connectivity index (χ2n) is 4.75. The summed E-state index contributed by atoms with van der Waals surface area (Å²) in [7, 11) is 2.59. The van der Waals surface area contributed by atoms with Gasteiger partial charge in [0, 0.05) is 0 Å². The molecule has 0 amide bonds.